The third-order valence-corrected chi connectivity index (χ3v) is 5.89. The summed E-state index contributed by atoms with van der Waals surface area (Å²) in [6, 6.07) is 7.21. The summed E-state index contributed by atoms with van der Waals surface area (Å²) in [4.78, 5) is 4.21. The summed E-state index contributed by atoms with van der Waals surface area (Å²) in [6.45, 7) is 4.53. The van der Waals surface area contributed by atoms with E-state index < -0.39 is 0 Å². The van der Waals surface area contributed by atoms with Crippen LogP contribution in [0.25, 0.3) is 0 Å². The van der Waals surface area contributed by atoms with Crippen molar-refractivity contribution in [2.75, 3.05) is 0 Å². The summed E-state index contributed by atoms with van der Waals surface area (Å²) in [7, 11) is 0. The lowest BCUT2D eigenvalue weighted by atomic mass is 10.0. The SMILES string of the molecule is C[C@H](NC1C[C@H](C)Sc2sccc21)c1cccnc1. The Morgan fingerprint density at radius 3 is 3.11 bits per heavy atom. The molecule has 0 aliphatic carbocycles. The quantitative estimate of drug-likeness (QED) is 0.906. The highest BCUT2D eigenvalue weighted by molar-refractivity contribution is 8.01. The van der Waals surface area contributed by atoms with Gasteiger partial charge in [-0.15, -0.1) is 23.1 Å². The van der Waals surface area contributed by atoms with Crippen LogP contribution in [0, 0.1) is 0 Å². The molecule has 2 aromatic heterocycles. The van der Waals surface area contributed by atoms with Crippen LogP contribution in [-0.4, -0.2) is 10.2 Å². The highest BCUT2D eigenvalue weighted by atomic mass is 32.2. The molecule has 3 rings (SSSR count). The molecule has 4 heteroatoms. The van der Waals surface area contributed by atoms with Gasteiger partial charge in [0, 0.05) is 29.7 Å². The van der Waals surface area contributed by atoms with E-state index in [1.165, 1.54) is 21.8 Å². The Hall–Kier alpha value is -0.840. The van der Waals surface area contributed by atoms with E-state index in [0.717, 1.165) is 0 Å². The molecule has 0 bridgehead atoms. The Morgan fingerprint density at radius 2 is 2.32 bits per heavy atom. The van der Waals surface area contributed by atoms with E-state index in [1.807, 2.05) is 41.6 Å². The maximum Gasteiger partial charge on any atom is 0.0649 e. The second-order valence-corrected chi connectivity index (χ2v) is 7.68. The third kappa shape index (κ3) is 2.86. The van der Waals surface area contributed by atoms with E-state index >= 15 is 0 Å². The maximum atomic E-state index is 4.21. The van der Waals surface area contributed by atoms with Crippen LogP contribution in [-0.2, 0) is 0 Å². The standard InChI is InChI=1S/C15H18N2S2/c1-10-8-14(13-5-7-18-15(13)19-10)17-11(2)12-4-3-6-16-9-12/h3-7,9-11,14,17H,8H2,1-2H3/t10-,11-,14?/m0/s1. The zero-order valence-electron chi connectivity index (χ0n) is 11.2. The number of aromatic nitrogens is 1. The van der Waals surface area contributed by atoms with Crippen LogP contribution < -0.4 is 5.32 Å². The van der Waals surface area contributed by atoms with Crippen molar-refractivity contribution in [3.8, 4) is 0 Å². The van der Waals surface area contributed by atoms with Gasteiger partial charge in [0.05, 0.1) is 4.21 Å². The minimum Gasteiger partial charge on any atom is -0.303 e. The van der Waals surface area contributed by atoms with Crippen molar-refractivity contribution in [2.24, 2.45) is 0 Å². The molecule has 2 aromatic rings. The van der Waals surface area contributed by atoms with Crippen molar-refractivity contribution in [1.82, 2.24) is 10.3 Å². The van der Waals surface area contributed by atoms with Crippen molar-refractivity contribution >= 4 is 23.1 Å². The first-order valence-corrected chi connectivity index (χ1v) is 8.40. The molecule has 2 nitrogen and oxygen atoms in total. The molecule has 0 radical (unpaired) electrons. The smallest absolute Gasteiger partial charge is 0.0649 e. The largest absolute Gasteiger partial charge is 0.303 e. The molecular formula is C15H18N2S2. The monoisotopic (exact) mass is 290 g/mol. The van der Waals surface area contributed by atoms with Crippen LogP contribution in [0.4, 0.5) is 0 Å². The Morgan fingerprint density at radius 1 is 1.42 bits per heavy atom. The summed E-state index contributed by atoms with van der Waals surface area (Å²) in [6.07, 6.45) is 4.97. The van der Waals surface area contributed by atoms with E-state index in [-0.39, 0.29) is 0 Å². The second kappa shape index (κ2) is 5.65. The number of thioether (sulfide) groups is 1. The summed E-state index contributed by atoms with van der Waals surface area (Å²) in [5, 5.41) is 6.65. The lowest BCUT2D eigenvalue weighted by Crippen LogP contribution is -2.28. The van der Waals surface area contributed by atoms with Gasteiger partial charge in [-0.05, 0) is 42.0 Å². The van der Waals surface area contributed by atoms with E-state index in [4.69, 9.17) is 0 Å². The molecule has 0 saturated carbocycles. The number of thiophene rings is 1. The van der Waals surface area contributed by atoms with Gasteiger partial charge in [-0.25, -0.2) is 0 Å². The molecule has 0 aromatic carbocycles. The van der Waals surface area contributed by atoms with Crippen molar-refractivity contribution in [2.45, 2.75) is 41.8 Å². The normalized spacial score (nSPS) is 23.9. The Labute approximate surface area is 122 Å². The van der Waals surface area contributed by atoms with E-state index in [1.54, 1.807) is 0 Å². The third-order valence-electron chi connectivity index (χ3n) is 3.55. The molecular weight excluding hydrogens is 272 g/mol. The first-order valence-electron chi connectivity index (χ1n) is 6.64. The maximum absolute atomic E-state index is 4.21. The lowest BCUT2D eigenvalue weighted by molar-refractivity contribution is 0.435. The Balaban J connectivity index is 1.77. The van der Waals surface area contributed by atoms with Gasteiger partial charge in [-0.2, -0.15) is 0 Å². The number of rotatable bonds is 3. The molecule has 0 spiro atoms. The average molecular weight is 290 g/mol. The summed E-state index contributed by atoms with van der Waals surface area (Å²) in [5.41, 5.74) is 2.73. The molecule has 0 saturated heterocycles. The molecule has 1 N–H and O–H groups in total. The predicted octanol–water partition coefficient (Wildman–Crippen LogP) is 4.42. The fraction of sp³-hybridized carbons (Fsp3) is 0.400. The number of pyridine rings is 1. The number of nitrogens with one attached hydrogen (secondary N) is 1. The van der Waals surface area contributed by atoms with Gasteiger partial charge in [-0.3, -0.25) is 4.98 Å². The van der Waals surface area contributed by atoms with Crippen LogP contribution in [0.3, 0.4) is 0 Å². The number of nitrogens with zero attached hydrogens (tertiary/aromatic N) is 1. The summed E-state index contributed by atoms with van der Waals surface area (Å²) < 4.78 is 1.48. The van der Waals surface area contributed by atoms with Gasteiger partial charge in [0.1, 0.15) is 0 Å². The molecule has 3 atom stereocenters. The number of hydrogen-bond acceptors (Lipinski definition) is 4. The highest BCUT2D eigenvalue weighted by Crippen LogP contribution is 2.44. The molecule has 1 aliphatic rings. The first kappa shape index (κ1) is 13.2. The van der Waals surface area contributed by atoms with Gasteiger partial charge in [0.25, 0.3) is 0 Å². The fourth-order valence-corrected chi connectivity index (χ4v) is 5.10. The Bertz CT molecular complexity index is 538. The van der Waals surface area contributed by atoms with Crippen LogP contribution >= 0.6 is 23.1 Å². The zero-order valence-corrected chi connectivity index (χ0v) is 12.8. The van der Waals surface area contributed by atoms with Crippen molar-refractivity contribution in [3.63, 3.8) is 0 Å². The molecule has 0 fully saturated rings. The predicted molar refractivity (Wildman–Crippen MR) is 82.8 cm³/mol. The Kier molecular flexibility index (Phi) is 3.91. The average Bonchev–Trinajstić information content (AvgIpc) is 2.88. The molecule has 19 heavy (non-hydrogen) atoms. The van der Waals surface area contributed by atoms with Gasteiger partial charge in [0.15, 0.2) is 0 Å². The van der Waals surface area contributed by atoms with Gasteiger partial charge < -0.3 is 5.32 Å². The molecule has 3 heterocycles. The zero-order chi connectivity index (χ0) is 13.2. The molecule has 0 amide bonds. The van der Waals surface area contributed by atoms with Crippen molar-refractivity contribution in [3.05, 3.63) is 47.1 Å². The van der Waals surface area contributed by atoms with Crippen LogP contribution in [0.2, 0.25) is 0 Å². The summed E-state index contributed by atoms with van der Waals surface area (Å²) in [5.74, 6) is 0. The van der Waals surface area contributed by atoms with Crippen molar-refractivity contribution < 1.29 is 0 Å². The molecule has 1 aliphatic heterocycles. The number of fused-ring (bicyclic) bond motifs is 1. The molecule has 100 valence electrons. The lowest BCUT2D eigenvalue weighted by Gasteiger charge is -2.30. The van der Waals surface area contributed by atoms with Crippen LogP contribution in [0.15, 0.2) is 40.2 Å². The molecule has 1 unspecified atom stereocenters. The van der Waals surface area contributed by atoms with Gasteiger partial charge in [-0.1, -0.05) is 13.0 Å². The van der Waals surface area contributed by atoms with Crippen LogP contribution in [0.5, 0.6) is 0 Å². The minimum atomic E-state index is 0.335. The number of hydrogen-bond donors (Lipinski definition) is 1. The highest BCUT2D eigenvalue weighted by Gasteiger charge is 2.27. The first-order chi connectivity index (χ1) is 9.24. The topological polar surface area (TPSA) is 24.9 Å². The van der Waals surface area contributed by atoms with E-state index in [9.17, 15) is 0 Å². The fourth-order valence-electron chi connectivity index (χ4n) is 2.54. The summed E-state index contributed by atoms with van der Waals surface area (Å²) >= 11 is 3.88. The minimum absolute atomic E-state index is 0.335. The van der Waals surface area contributed by atoms with Gasteiger partial charge >= 0.3 is 0 Å². The van der Waals surface area contributed by atoms with E-state index in [0.29, 0.717) is 17.3 Å². The second-order valence-electron chi connectivity index (χ2n) is 5.05. The van der Waals surface area contributed by atoms with Crippen LogP contribution in [0.1, 0.15) is 43.5 Å². The van der Waals surface area contributed by atoms with E-state index in [2.05, 4.69) is 41.7 Å². The van der Waals surface area contributed by atoms with Crippen molar-refractivity contribution in [1.29, 1.82) is 0 Å². The van der Waals surface area contributed by atoms with Gasteiger partial charge in [0.2, 0.25) is 0 Å².